The molecule has 1 aliphatic rings. The number of rotatable bonds is 2. The predicted octanol–water partition coefficient (Wildman–Crippen LogP) is 4.25. The van der Waals surface area contributed by atoms with Crippen molar-refractivity contribution in [1.29, 1.82) is 5.26 Å². The maximum absolute atomic E-state index is 9.38. The van der Waals surface area contributed by atoms with Crippen molar-refractivity contribution in [2.75, 3.05) is 0 Å². The molecule has 0 saturated heterocycles. The Hall–Kier alpha value is -2.79. The Balaban J connectivity index is 2.16. The van der Waals surface area contributed by atoms with Crippen LogP contribution in [-0.4, -0.2) is 0 Å². The van der Waals surface area contributed by atoms with Crippen LogP contribution in [0.1, 0.15) is 17.2 Å². The van der Waals surface area contributed by atoms with E-state index in [0.29, 0.717) is 11.3 Å². The minimum atomic E-state index is -0.263. The summed E-state index contributed by atoms with van der Waals surface area (Å²) in [7, 11) is 0. The lowest BCUT2D eigenvalue weighted by Gasteiger charge is -2.15. The highest BCUT2D eigenvalue weighted by Gasteiger charge is 2.32. The SMILES string of the molecule is C=C1OC(c2ccccc2)C(c2ccccc2)=C1C#N. The lowest BCUT2D eigenvalue weighted by atomic mass is 9.93. The van der Waals surface area contributed by atoms with Gasteiger partial charge in [-0.25, -0.2) is 0 Å². The molecule has 2 nitrogen and oxygen atoms in total. The van der Waals surface area contributed by atoms with Crippen molar-refractivity contribution >= 4 is 5.57 Å². The molecule has 0 fully saturated rings. The van der Waals surface area contributed by atoms with Crippen LogP contribution in [0.25, 0.3) is 5.57 Å². The summed E-state index contributed by atoms with van der Waals surface area (Å²) in [5, 5.41) is 9.38. The molecule has 0 bridgehead atoms. The molecule has 0 aromatic heterocycles. The van der Waals surface area contributed by atoms with Crippen molar-refractivity contribution in [3.8, 4) is 6.07 Å². The second kappa shape index (κ2) is 5.07. The summed E-state index contributed by atoms with van der Waals surface area (Å²) < 4.78 is 5.83. The fraction of sp³-hybridized carbons (Fsp3) is 0.0556. The molecule has 3 rings (SSSR count). The van der Waals surface area contributed by atoms with E-state index in [4.69, 9.17) is 4.74 Å². The van der Waals surface area contributed by atoms with Crippen molar-refractivity contribution in [2.45, 2.75) is 6.10 Å². The lowest BCUT2D eigenvalue weighted by Crippen LogP contribution is -2.00. The summed E-state index contributed by atoms with van der Waals surface area (Å²) in [6, 6.07) is 22.0. The summed E-state index contributed by atoms with van der Waals surface area (Å²) in [6.45, 7) is 3.86. The van der Waals surface area contributed by atoms with Gasteiger partial charge in [0.05, 0.1) is 0 Å². The third-order valence-electron chi connectivity index (χ3n) is 3.37. The van der Waals surface area contributed by atoms with Crippen LogP contribution in [0, 0.1) is 11.3 Å². The van der Waals surface area contributed by atoms with Crippen LogP contribution in [0.15, 0.2) is 78.6 Å². The van der Waals surface area contributed by atoms with Gasteiger partial charge >= 0.3 is 0 Å². The van der Waals surface area contributed by atoms with Crippen molar-refractivity contribution in [3.05, 3.63) is 89.7 Å². The van der Waals surface area contributed by atoms with Gasteiger partial charge in [-0.2, -0.15) is 5.26 Å². The zero-order valence-corrected chi connectivity index (χ0v) is 10.9. The average Bonchev–Trinajstić information content (AvgIpc) is 2.85. The normalized spacial score (nSPS) is 17.8. The number of benzene rings is 2. The predicted molar refractivity (Wildman–Crippen MR) is 78.4 cm³/mol. The fourth-order valence-electron chi connectivity index (χ4n) is 2.44. The van der Waals surface area contributed by atoms with Gasteiger partial charge in [-0.3, -0.25) is 0 Å². The second-order valence-corrected chi connectivity index (χ2v) is 4.60. The molecule has 2 aromatic rings. The number of allylic oxidation sites excluding steroid dienone is 1. The second-order valence-electron chi connectivity index (χ2n) is 4.60. The van der Waals surface area contributed by atoms with E-state index < -0.39 is 0 Å². The van der Waals surface area contributed by atoms with Crippen LogP contribution >= 0.6 is 0 Å². The molecule has 0 N–H and O–H groups in total. The molecule has 96 valence electrons. The van der Waals surface area contributed by atoms with E-state index >= 15 is 0 Å². The fourth-order valence-corrected chi connectivity index (χ4v) is 2.44. The first-order valence-corrected chi connectivity index (χ1v) is 6.42. The topological polar surface area (TPSA) is 33.0 Å². The van der Waals surface area contributed by atoms with Crippen LogP contribution in [-0.2, 0) is 4.74 Å². The van der Waals surface area contributed by atoms with E-state index in [1.807, 2.05) is 60.7 Å². The van der Waals surface area contributed by atoms with Gasteiger partial charge in [-0.05, 0) is 11.1 Å². The molecule has 0 aliphatic carbocycles. The Bertz CT molecular complexity index is 708. The summed E-state index contributed by atoms with van der Waals surface area (Å²) in [5.74, 6) is 0.445. The highest BCUT2D eigenvalue weighted by molar-refractivity contribution is 5.81. The van der Waals surface area contributed by atoms with Crippen LogP contribution < -0.4 is 0 Å². The minimum Gasteiger partial charge on any atom is -0.480 e. The van der Waals surface area contributed by atoms with Crippen LogP contribution in [0.3, 0.4) is 0 Å². The third-order valence-corrected chi connectivity index (χ3v) is 3.37. The number of nitrogens with zero attached hydrogens (tertiary/aromatic N) is 1. The zero-order valence-electron chi connectivity index (χ0n) is 10.9. The first kappa shape index (κ1) is 12.3. The molecule has 1 atom stereocenters. The Morgan fingerprint density at radius 3 is 2.15 bits per heavy atom. The van der Waals surface area contributed by atoms with Crippen molar-refractivity contribution in [3.63, 3.8) is 0 Å². The van der Waals surface area contributed by atoms with Crippen LogP contribution in [0.5, 0.6) is 0 Å². The maximum atomic E-state index is 9.38. The molecule has 2 heteroatoms. The number of nitriles is 1. The van der Waals surface area contributed by atoms with Gasteiger partial charge in [0.25, 0.3) is 0 Å². The van der Waals surface area contributed by atoms with Gasteiger partial charge in [0, 0.05) is 5.57 Å². The van der Waals surface area contributed by atoms with Crippen molar-refractivity contribution < 1.29 is 4.74 Å². The number of hydrogen-bond donors (Lipinski definition) is 0. The first-order valence-electron chi connectivity index (χ1n) is 6.42. The van der Waals surface area contributed by atoms with E-state index in [1.165, 1.54) is 0 Å². The Morgan fingerprint density at radius 2 is 1.55 bits per heavy atom. The Kier molecular flexibility index (Phi) is 3.10. The molecule has 0 amide bonds. The quantitative estimate of drug-likeness (QED) is 0.807. The van der Waals surface area contributed by atoms with E-state index in [2.05, 4.69) is 12.6 Å². The van der Waals surface area contributed by atoms with Gasteiger partial charge in [0.2, 0.25) is 0 Å². The van der Waals surface area contributed by atoms with E-state index in [1.54, 1.807) is 0 Å². The summed E-state index contributed by atoms with van der Waals surface area (Å²) in [5.41, 5.74) is 3.45. The molecule has 20 heavy (non-hydrogen) atoms. The largest absolute Gasteiger partial charge is 0.480 e. The van der Waals surface area contributed by atoms with E-state index in [-0.39, 0.29) is 6.10 Å². The summed E-state index contributed by atoms with van der Waals surface area (Å²) in [4.78, 5) is 0. The van der Waals surface area contributed by atoms with E-state index in [9.17, 15) is 5.26 Å². The Labute approximate surface area is 118 Å². The van der Waals surface area contributed by atoms with Gasteiger partial charge in [-0.1, -0.05) is 67.2 Å². The Morgan fingerprint density at radius 1 is 0.950 bits per heavy atom. The van der Waals surface area contributed by atoms with Crippen LogP contribution in [0.4, 0.5) is 0 Å². The average molecular weight is 259 g/mol. The maximum Gasteiger partial charge on any atom is 0.151 e. The monoisotopic (exact) mass is 259 g/mol. The molecule has 2 aromatic carbocycles. The standard InChI is InChI=1S/C18H13NO/c1-13-16(12-19)17(14-8-4-2-5-9-14)18(20-13)15-10-6-3-7-11-15/h2-11,18H,1H2. The molecule has 1 unspecified atom stereocenters. The summed E-state index contributed by atoms with van der Waals surface area (Å²) in [6.07, 6.45) is -0.263. The van der Waals surface area contributed by atoms with Crippen molar-refractivity contribution in [1.82, 2.24) is 0 Å². The van der Waals surface area contributed by atoms with Gasteiger partial charge in [0.15, 0.2) is 6.10 Å². The van der Waals surface area contributed by atoms with Crippen molar-refractivity contribution in [2.24, 2.45) is 0 Å². The van der Waals surface area contributed by atoms with Gasteiger partial charge in [0.1, 0.15) is 17.4 Å². The third kappa shape index (κ3) is 2.00. The molecule has 0 spiro atoms. The minimum absolute atomic E-state index is 0.263. The number of hydrogen-bond acceptors (Lipinski definition) is 2. The first-order chi connectivity index (χ1) is 9.81. The molecule has 0 saturated carbocycles. The molecular weight excluding hydrogens is 246 g/mol. The number of ether oxygens (including phenoxy) is 1. The molecular formula is C18H13NO. The zero-order chi connectivity index (χ0) is 13.9. The lowest BCUT2D eigenvalue weighted by molar-refractivity contribution is 0.191. The molecule has 1 heterocycles. The molecule has 0 radical (unpaired) electrons. The smallest absolute Gasteiger partial charge is 0.151 e. The van der Waals surface area contributed by atoms with Gasteiger partial charge < -0.3 is 4.74 Å². The summed E-state index contributed by atoms with van der Waals surface area (Å²) >= 11 is 0. The van der Waals surface area contributed by atoms with Gasteiger partial charge in [-0.15, -0.1) is 0 Å². The van der Waals surface area contributed by atoms with Crippen LogP contribution in [0.2, 0.25) is 0 Å². The highest BCUT2D eigenvalue weighted by Crippen LogP contribution is 2.44. The molecule has 1 aliphatic heterocycles. The van der Waals surface area contributed by atoms with E-state index in [0.717, 1.165) is 16.7 Å². The highest BCUT2D eigenvalue weighted by atomic mass is 16.5.